The van der Waals surface area contributed by atoms with Crippen LogP contribution < -0.4 is 0 Å². The van der Waals surface area contributed by atoms with Crippen molar-refractivity contribution in [3.05, 3.63) is 0 Å². The second kappa shape index (κ2) is 41.9. The van der Waals surface area contributed by atoms with Crippen molar-refractivity contribution in [2.24, 2.45) is 0 Å². The summed E-state index contributed by atoms with van der Waals surface area (Å²) in [6.45, 7) is 0. The molecule has 1 atom stereocenters. The van der Waals surface area contributed by atoms with Crippen LogP contribution in [-0.4, -0.2) is 0 Å². The fraction of sp³-hybridized carbons (Fsp3) is 0. The van der Waals surface area contributed by atoms with E-state index in [1.165, 1.54) is 0 Å². The lowest BCUT2D eigenvalue weighted by Crippen LogP contribution is -0.399. The van der Waals surface area contributed by atoms with Crippen LogP contribution in [0.5, 0.6) is 0 Å². The van der Waals surface area contributed by atoms with Crippen molar-refractivity contribution in [3.8, 4) is 0 Å². The number of hydrogen-bond donors (Lipinski definition) is 0. The maximum Gasteiger partial charge on any atom is 0.153 e. The first-order chi connectivity index (χ1) is 1.00. The lowest BCUT2D eigenvalue weighted by molar-refractivity contribution is 5.85. The summed E-state index contributed by atoms with van der Waals surface area (Å²) in [5.74, 6) is 0. The summed E-state index contributed by atoms with van der Waals surface area (Å²) in [5.41, 5.74) is 0. The second-order valence-electron chi connectivity index (χ2n) is 0. The molecule has 0 saturated heterocycles. The van der Waals surface area contributed by atoms with E-state index >= 15 is 0 Å². The van der Waals surface area contributed by atoms with Crippen LogP contribution in [0.2, 0.25) is 0 Å². The molecule has 0 heterocycles. The first-order valence-electron chi connectivity index (χ1n) is 0.236. The molecule has 0 aliphatic heterocycles. The summed E-state index contributed by atoms with van der Waals surface area (Å²) < 4.78 is 0. The minimum atomic E-state index is 0. The molecule has 0 aromatic carbocycles. The highest BCUT2D eigenvalue weighted by atomic mass is 79.9. The van der Waals surface area contributed by atoms with E-state index < -0.39 is 0 Å². The van der Waals surface area contributed by atoms with Crippen molar-refractivity contribution in [2.75, 3.05) is 0 Å². The molecule has 0 bridgehead atoms. The smallest absolute Gasteiger partial charge is 0.147 e. The molecule has 0 aromatic heterocycles. The van der Waals surface area contributed by atoms with Crippen molar-refractivity contribution < 1.29 is 0 Å². The highest BCUT2D eigenvalue weighted by Crippen LogP contribution is 1.26. The molecule has 0 fully saturated rings. The van der Waals surface area contributed by atoms with Crippen LogP contribution in [0.3, 0.4) is 0 Å². The highest BCUT2D eigenvalue weighted by Gasteiger charge is 0.856. The second-order valence-corrected chi connectivity index (χ2v) is 0. The molecular weight excluding hydrogens is 258 g/mol. The van der Waals surface area contributed by atoms with Gasteiger partial charge in [-0.15, -0.1) is 46.4 Å². The van der Waals surface area contributed by atoms with Crippen LogP contribution in [0.4, 0.5) is 0 Å². The molecule has 36 valence electrons. The van der Waals surface area contributed by atoms with Gasteiger partial charge in [0.15, 0.2) is 11.8 Å². The average Bonchev–Trinajstić information content (AvgIpc) is 1.00. The maximum atomic E-state index is 4.00. The van der Waals surface area contributed by atoms with E-state index in [1.54, 1.807) is 0 Å². The predicted octanol–water partition coefficient (Wildman–Crippen LogP) is 1.90. The third-order valence-electron chi connectivity index (χ3n) is 0. The molecule has 0 aliphatic carbocycles. The maximum absolute atomic E-state index is 4.00. The van der Waals surface area contributed by atoms with Gasteiger partial charge < -0.3 is 0 Å². The third-order valence-corrected chi connectivity index (χ3v) is 0. The Bertz CT molecular complexity index is 9.61. The minimum Gasteiger partial charge on any atom is -0.147 e. The standard InChI is InChI=1S/2BrH.ClH.HPS/c;;;1-2/h3*1H;1H/p+1. The van der Waals surface area contributed by atoms with E-state index in [2.05, 4.69) is 11.8 Å². The molecule has 0 aromatic rings. The van der Waals surface area contributed by atoms with Gasteiger partial charge in [-0.2, -0.15) is 0 Å². The summed E-state index contributed by atoms with van der Waals surface area (Å²) in [6.07, 6.45) is 0. The molecule has 0 nitrogen and oxygen atoms in total. The monoisotopic (exact) mass is 261 g/mol. The van der Waals surface area contributed by atoms with E-state index in [0.29, 0.717) is 0 Å². The summed E-state index contributed by atoms with van der Waals surface area (Å²) in [7, 11) is 2.00. The van der Waals surface area contributed by atoms with Gasteiger partial charge >= 0.3 is 0 Å². The van der Waals surface area contributed by atoms with Gasteiger partial charge in [-0.3, -0.25) is 0 Å². The van der Waals surface area contributed by atoms with Gasteiger partial charge in [0.2, 0.25) is 0 Å². The Morgan fingerprint density at radius 2 is 1.00 bits per heavy atom. The van der Waals surface area contributed by atoms with Gasteiger partial charge in [0.05, 0.1) is 0 Å². The summed E-state index contributed by atoms with van der Waals surface area (Å²) in [6, 6.07) is 0. The first kappa shape index (κ1) is 29.4. The van der Waals surface area contributed by atoms with E-state index in [0.717, 1.165) is 0 Å². The van der Waals surface area contributed by atoms with Gasteiger partial charge in [0.1, 0.15) is 8.02 Å². The molecule has 1 unspecified atom stereocenters. The number of hydrogen-bond acceptors (Lipinski definition) is 1. The average molecular weight is 263 g/mol. The largest absolute Gasteiger partial charge is 0.153 e. The Kier molecular flexibility index (Phi) is 246. The molecule has 0 saturated carbocycles. The first-order valence-corrected chi connectivity index (χ1v) is 2.12. The molecule has 0 aliphatic rings. The zero-order valence-corrected chi connectivity index (χ0v) is 8.42. The van der Waals surface area contributed by atoms with Crippen LogP contribution in [0.1, 0.15) is 0 Å². The predicted molar refractivity (Wildman–Crippen MR) is 45.0 cm³/mol. The van der Waals surface area contributed by atoms with Gasteiger partial charge in [0.25, 0.3) is 0 Å². The Balaban J connectivity index is -0.00000000167. The molecule has 0 amide bonds. The topological polar surface area (TPSA) is 0 Å². The van der Waals surface area contributed by atoms with Crippen molar-refractivity contribution in [2.45, 2.75) is 0 Å². The Morgan fingerprint density at radius 3 is 1.00 bits per heavy atom. The van der Waals surface area contributed by atoms with Crippen LogP contribution >= 0.6 is 54.4 Å². The fourth-order valence-electron chi connectivity index (χ4n) is 0. The molecule has 0 N–H and O–H groups in total. The van der Waals surface area contributed by atoms with Gasteiger partial charge in [-0.05, 0) is 0 Å². The summed E-state index contributed by atoms with van der Waals surface area (Å²) in [5, 5.41) is 0. The van der Waals surface area contributed by atoms with Crippen LogP contribution in [0.15, 0.2) is 0 Å². The van der Waals surface area contributed by atoms with Crippen LogP contribution in [0, 0.1) is 0 Å². The number of rotatable bonds is 0. The van der Waals surface area contributed by atoms with Crippen molar-refractivity contribution in [1.82, 2.24) is 0 Å². The number of halogens is 3. The minimum absolute atomic E-state index is 0. The van der Waals surface area contributed by atoms with E-state index in [1.807, 2.05) is 8.02 Å². The third kappa shape index (κ3) is 26.2. The van der Waals surface area contributed by atoms with Crippen molar-refractivity contribution >= 4 is 66.2 Å². The zero-order chi connectivity index (χ0) is 2.00. The van der Waals surface area contributed by atoms with Crippen LogP contribution in [-0.2, 0) is 11.8 Å². The molecule has 0 rings (SSSR count). The Morgan fingerprint density at radius 1 is 1.00 bits per heavy atom. The lowest BCUT2D eigenvalue weighted by Gasteiger charge is -0.558. The normalized spacial score (nSPS) is 0.800. The van der Waals surface area contributed by atoms with Crippen molar-refractivity contribution in [1.29, 1.82) is 0 Å². The lowest BCUT2D eigenvalue weighted by atomic mass is 30.6. The summed E-state index contributed by atoms with van der Waals surface area (Å²) in [4.78, 5) is 0. The molecular formula is H5Br2ClPS+. The fourth-order valence-corrected chi connectivity index (χ4v) is 0. The Labute approximate surface area is 65.9 Å². The molecule has 0 spiro atoms. The quantitative estimate of drug-likeness (QED) is 0.602. The highest BCUT2D eigenvalue weighted by molar-refractivity contribution is 8.93. The van der Waals surface area contributed by atoms with Crippen molar-refractivity contribution in [3.63, 3.8) is 0 Å². The SMILES string of the molecule is Br.Br.Cl.[PH2+]=S. The van der Waals surface area contributed by atoms with E-state index in [-0.39, 0.29) is 46.4 Å². The van der Waals surface area contributed by atoms with E-state index in [9.17, 15) is 0 Å². The zero-order valence-electron chi connectivity index (χ0n) is 2.21. The van der Waals surface area contributed by atoms with Gasteiger partial charge in [-0.1, -0.05) is 0 Å². The van der Waals surface area contributed by atoms with E-state index in [4.69, 9.17) is 0 Å². The van der Waals surface area contributed by atoms with Gasteiger partial charge in [-0.25, -0.2) is 0 Å². The summed E-state index contributed by atoms with van der Waals surface area (Å²) >= 11 is 4.00. The Hall–Kier alpha value is 1.77. The van der Waals surface area contributed by atoms with Crippen LogP contribution in [0.25, 0.3) is 0 Å². The van der Waals surface area contributed by atoms with Gasteiger partial charge in [0, 0.05) is 0 Å². The molecule has 5 heteroatoms. The molecule has 5 heavy (non-hydrogen) atoms. The molecule has 0 radical (unpaired) electrons.